The van der Waals surface area contributed by atoms with Gasteiger partial charge in [0.1, 0.15) is 11.9 Å². The summed E-state index contributed by atoms with van der Waals surface area (Å²) in [5, 5.41) is 5.74. The van der Waals surface area contributed by atoms with Crippen LogP contribution < -0.4 is 15.5 Å². The van der Waals surface area contributed by atoms with Crippen LogP contribution in [0.1, 0.15) is 30.5 Å². The second kappa shape index (κ2) is 12.3. The number of hydrogen-bond acceptors (Lipinski definition) is 4. The van der Waals surface area contributed by atoms with E-state index in [0.29, 0.717) is 56.9 Å². The molecule has 2 amide bonds. The third-order valence-electron chi connectivity index (χ3n) is 6.45. The molecule has 1 heterocycles. The number of aryl methyl sites for hydroxylation is 1. The number of benzene rings is 3. The third kappa shape index (κ3) is 6.49. The van der Waals surface area contributed by atoms with Crippen molar-refractivity contribution in [2.24, 2.45) is 0 Å². The van der Waals surface area contributed by atoms with Crippen LogP contribution in [0.2, 0.25) is 0 Å². The Morgan fingerprint density at radius 1 is 0.917 bits per heavy atom. The minimum absolute atomic E-state index is 0.0179. The molecular formula is C29H33FN4O2. The summed E-state index contributed by atoms with van der Waals surface area (Å²) >= 11 is 0. The highest BCUT2D eigenvalue weighted by atomic mass is 19.1. The Morgan fingerprint density at radius 3 is 2.22 bits per heavy atom. The van der Waals surface area contributed by atoms with Crippen molar-refractivity contribution in [1.82, 2.24) is 10.2 Å². The van der Waals surface area contributed by atoms with Crippen molar-refractivity contribution >= 4 is 23.2 Å². The number of hydrogen-bond donors (Lipinski definition) is 2. The maximum absolute atomic E-state index is 15.0. The molecule has 1 atom stereocenters. The van der Waals surface area contributed by atoms with Crippen LogP contribution >= 0.6 is 0 Å². The molecule has 4 rings (SSSR count). The van der Waals surface area contributed by atoms with E-state index in [2.05, 4.69) is 15.5 Å². The first-order valence-corrected chi connectivity index (χ1v) is 12.5. The van der Waals surface area contributed by atoms with Gasteiger partial charge >= 0.3 is 0 Å². The smallest absolute Gasteiger partial charge is 0.241 e. The average molecular weight is 489 g/mol. The first-order chi connectivity index (χ1) is 17.5. The van der Waals surface area contributed by atoms with E-state index in [9.17, 15) is 9.59 Å². The summed E-state index contributed by atoms with van der Waals surface area (Å²) in [6, 6.07) is 24.0. The summed E-state index contributed by atoms with van der Waals surface area (Å²) in [6.45, 7) is 4.95. The standard InChI is InChI=1S/C29H33FN4O2/c1-2-31-29(36)28(23-11-7-4-8-12-23)34-19-17-33(18-20-34)26-15-14-24(21-25(26)30)32-27(35)16-13-22-9-5-3-6-10-22/h3-12,14-15,21,28H,2,13,16-20H2,1H3,(H,31,36)(H,32,35). The Kier molecular flexibility index (Phi) is 8.68. The number of carbonyl (C=O) groups is 2. The van der Waals surface area contributed by atoms with Crippen LogP contribution in [0.3, 0.4) is 0 Å². The highest BCUT2D eigenvalue weighted by Gasteiger charge is 2.30. The number of rotatable bonds is 9. The first kappa shape index (κ1) is 25.4. The molecular weight excluding hydrogens is 455 g/mol. The normalized spacial score (nSPS) is 14.8. The van der Waals surface area contributed by atoms with Crippen LogP contribution in [-0.4, -0.2) is 49.4 Å². The first-order valence-electron chi connectivity index (χ1n) is 12.5. The van der Waals surface area contributed by atoms with Crippen LogP contribution in [0.25, 0.3) is 0 Å². The molecule has 36 heavy (non-hydrogen) atoms. The van der Waals surface area contributed by atoms with E-state index in [1.807, 2.05) is 72.5 Å². The average Bonchev–Trinajstić information content (AvgIpc) is 2.90. The molecule has 3 aromatic rings. The van der Waals surface area contributed by atoms with Crippen molar-refractivity contribution in [3.63, 3.8) is 0 Å². The highest BCUT2D eigenvalue weighted by molar-refractivity contribution is 5.91. The summed E-state index contributed by atoms with van der Waals surface area (Å²) in [5.74, 6) is -0.528. The zero-order valence-electron chi connectivity index (χ0n) is 20.6. The molecule has 1 aliphatic heterocycles. The zero-order valence-corrected chi connectivity index (χ0v) is 20.6. The van der Waals surface area contributed by atoms with E-state index in [1.54, 1.807) is 12.1 Å². The minimum Gasteiger partial charge on any atom is -0.367 e. The summed E-state index contributed by atoms with van der Waals surface area (Å²) < 4.78 is 15.0. The molecule has 0 saturated carbocycles. The highest BCUT2D eigenvalue weighted by Crippen LogP contribution is 2.27. The molecule has 0 aliphatic carbocycles. The molecule has 1 saturated heterocycles. The van der Waals surface area contributed by atoms with Gasteiger partial charge in [0.05, 0.1) is 5.69 Å². The lowest BCUT2D eigenvalue weighted by atomic mass is 10.0. The molecule has 0 spiro atoms. The lowest BCUT2D eigenvalue weighted by Crippen LogP contribution is -2.51. The monoisotopic (exact) mass is 488 g/mol. The molecule has 1 unspecified atom stereocenters. The van der Waals surface area contributed by atoms with Crippen molar-refractivity contribution in [3.05, 3.63) is 95.8 Å². The minimum atomic E-state index is -0.369. The van der Waals surface area contributed by atoms with Crippen LogP contribution in [0.15, 0.2) is 78.9 Å². The number of anilines is 2. The Balaban J connectivity index is 1.35. The molecule has 7 heteroatoms. The van der Waals surface area contributed by atoms with E-state index in [0.717, 1.165) is 11.1 Å². The fourth-order valence-corrected chi connectivity index (χ4v) is 4.62. The number of likely N-dealkylation sites (N-methyl/N-ethyl adjacent to an activating group) is 1. The lowest BCUT2D eigenvalue weighted by Gasteiger charge is -2.39. The summed E-state index contributed by atoms with van der Waals surface area (Å²) in [4.78, 5) is 29.3. The SMILES string of the molecule is CCNC(=O)C(c1ccccc1)N1CCN(c2ccc(NC(=O)CCc3ccccc3)cc2F)CC1. The number of piperazine rings is 1. The van der Waals surface area contributed by atoms with Gasteiger partial charge in [-0.1, -0.05) is 60.7 Å². The van der Waals surface area contributed by atoms with Crippen LogP contribution in [-0.2, 0) is 16.0 Å². The predicted octanol–water partition coefficient (Wildman–Crippen LogP) is 4.40. The fourth-order valence-electron chi connectivity index (χ4n) is 4.62. The van der Waals surface area contributed by atoms with Crippen LogP contribution in [0.5, 0.6) is 0 Å². The zero-order chi connectivity index (χ0) is 25.3. The molecule has 0 radical (unpaired) electrons. The Bertz CT molecular complexity index is 1150. The van der Waals surface area contributed by atoms with Gasteiger partial charge in [-0.05, 0) is 42.7 Å². The molecule has 1 aliphatic rings. The van der Waals surface area contributed by atoms with Gasteiger partial charge in [0.2, 0.25) is 11.8 Å². The molecule has 2 N–H and O–H groups in total. The maximum Gasteiger partial charge on any atom is 0.241 e. The van der Waals surface area contributed by atoms with Gasteiger partial charge in [0.15, 0.2) is 0 Å². The quantitative estimate of drug-likeness (QED) is 0.469. The summed E-state index contributed by atoms with van der Waals surface area (Å²) in [5.41, 5.74) is 3.00. The van der Waals surface area contributed by atoms with E-state index in [1.165, 1.54) is 6.07 Å². The number of amides is 2. The third-order valence-corrected chi connectivity index (χ3v) is 6.45. The van der Waals surface area contributed by atoms with Crippen molar-refractivity contribution in [2.45, 2.75) is 25.8 Å². The Hall–Kier alpha value is -3.71. The lowest BCUT2D eigenvalue weighted by molar-refractivity contribution is -0.126. The Labute approximate surface area is 212 Å². The largest absolute Gasteiger partial charge is 0.367 e. The topological polar surface area (TPSA) is 64.7 Å². The van der Waals surface area contributed by atoms with Gasteiger partial charge < -0.3 is 15.5 Å². The molecule has 1 fully saturated rings. The summed E-state index contributed by atoms with van der Waals surface area (Å²) in [6.07, 6.45) is 0.974. The predicted molar refractivity (Wildman–Crippen MR) is 141 cm³/mol. The van der Waals surface area contributed by atoms with Crippen molar-refractivity contribution < 1.29 is 14.0 Å². The second-order valence-corrected chi connectivity index (χ2v) is 8.93. The van der Waals surface area contributed by atoms with Gasteiger partial charge in [-0.15, -0.1) is 0 Å². The number of carbonyl (C=O) groups excluding carboxylic acids is 2. The second-order valence-electron chi connectivity index (χ2n) is 8.93. The molecule has 6 nitrogen and oxygen atoms in total. The Morgan fingerprint density at radius 2 is 1.58 bits per heavy atom. The van der Waals surface area contributed by atoms with Crippen LogP contribution in [0.4, 0.5) is 15.8 Å². The van der Waals surface area contributed by atoms with Crippen molar-refractivity contribution in [2.75, 3.05) is 42.9 Å². The van der Waals surface area contributed by atoms with Gasteiger partial charge in [0, 0.05) is 44.8 Å². The van der Waals surface area contributed by atoms with Crippen molar-refractivity contribution in [1.29, 1.82) is 0 Å². The van der Waals surface area contributed by atoms with Gasteiger partial charge in [-0.3, -0.25) is 14.5 Å². The number of halogens is 1. The van der Waals surface area contributed by atoms with Gasteiger partial charge in [-0.2, -0.15) is 0 Å². The number of nitrogens with zero attached hydrogens (tertiary/aromatic N) is 2. The van der Waals surface area contributed by atoms with Gasteiger partial charge in [-0.25, -0.2) is 4.39 Å². The molecule has 0 aromatic heterocycles. The molecule has 0 bridgehead atoms. The maximum atomic E-state index is 15.0. The molecule has 188 valence electrons. The summed E-state index contributed by atoms with van der Waals surface area (Å²) in [7, 11) is 0. The van der Waals surface area contributed by atoms with Crippen molar-refractivity contribution in [3.8, 4) is 0 Å². The number of nitrogens with one attached hydrogen (secondary N) is 2. The van der Waals surface area contributed by atoms with Crippen LogP contribution in [0, 0.1) is 5.82 Å². The van der Waals surface area contributed by atoms with E-state index < -0.39 is 0 Å². The van der Waals surface area contributed by atoms with E-state index in [-0.39, 0.29) is 23.7 Å². The fraction of sp³-hybridized carbons (Fsp3) is 0.310. The molecule has 3 aromatic carbocycles. The van der Waals surface area contributed by atoms with Gasteiger partial charge in [0.25, 0.3) is 0 Å². The van der Waals surface area contributed by atoms with E-state index in [4.69, 9.17) is 0 Å². The van der Waals surface area contributed by atoms with E-state index >= 15 is 4.39 Å².